The average Bonchev–Trinajstić information content (AvgIpc) is 2.45. The molecule has 2 aromatic rings. The van der Waals surface area contributed by atoms with Gasteiger partial charge in [0.15, 0.2) is 0 Å². The zero-order valence-corrected chi connectivity index (χ0v) is 11.5. The molecule has 0 atom stereocenters. The zero-order chi connectivity index (χ0) is 15.2. The van der Waals surface area contributed by atoms with Crippen LogP contribution < -0.4 is 4.74 Å². The Morgan fingerprint density at radius 2 is 1.95 bits per heavy atom. The molecule has 0 bridgehead atoms. The molecule has 2 aromatic carbocycles. The summed E-state index contributed by atoms with van der Waals surface area (Å²) in [5.41, 5.74) is 0.609. The average molecular weight is 304 g/mol. The zero-order valence-electron chi connectivity index (χ0n) is 10.7. The van der Waals surface area contributed by atoms with Crippen LogP contribution in [0, 0.1) is 10.1 Å². The van der Waals surface area contributed by atoms with Gasteiger partial charge in [0, 0.05) is 17.2 Å². The summed E-state index contributed by atoms with van der Waals surface area (Å²) < 4.78 is 4.99. The molecule has 0 aliphatic heterocycles. The van der Waals surface area contributed by atoms with Gasteiger partial charge in [0.2, 0.25) is 0 Å². The molecule has 0 N–H and O–H groups in total. The topological polar surface area (TPSA) is 69.4 Å². The maximum Gasteiger partial charge on any atom is 0.336 e. The van der Waals surface area contributed by atoms with Crippen molar-refractivity contribution in [2.24, 2.45) is 0 Å². The van der Waals surface area contributed by atoms with Gasteiger partial charge in [-0.2, -0.15) is 0 Å². The molecule has 0 saturated carbocycles. The second kappa shape index (κ2) is 6.67. The molecule has 0 saturated heterocycles. The van der Waals surface area contributed by atoms with E-state index in [4.69, 9.17) is 16.3 Å². The lowest BCUT2D eigenvalue weighted by atomic mass is 10.2. The number of nitro benzene ring substituents is 1. The second-order valence-corrected chi connectivity index (χ2v) is 4.50. The first kappa shape index (κ1) is 14.7. The fraction of sp³-hybridized carbons (Fsp3) is 0. The third-order valence-corrected chi connectivity index (χ3v) is 2.74. The van der Waals surface area contributed by atoms with Crippen molar-refractivity contribution in [2.75, 3.05) is 0 Å². The van der Waals surface area contributed by atoms with E-state index in [0.717, 1.165) is 5.56 Å². The van der Waals surface area contributed by atoms with Gasteiger partial charge in [0.05, 0.1) is 11.0 Å². The third kappa shape index (κ3) is 4.43. The fourth-order valence-electron chi connectivity index (χ4n) is 1.59. The van der Waals surface area contributed by atoms with Crippen molar-refractivity contribution in [3.05, 3.63) is 75.3 Å². The minimum absolute atomic E-state index is 0.116. The Labute approximate surface area is 125 Å². The van der Waals surface area contributed by atoms with Gasteiger partial charge >= 0.3 is 5.97 Å². The first-order chi connectivity index (χ1) is 10.0. The number of halogens is 1. The minimum Gasteiger partial charge on any atom is -0.423 e. The number of nitro groups is 1. The highest BCUT2D eigenvalue weighted by atomic mass is 35.5. The van der Waals surface area contributed by atoms with Crippen molar-refractivity contribution in [3.63, 3.8) is 0 Å². The number of hydrogen-bond acceptors (Lipinski definition) is 4. The number of ether oxygens (including phenoxy) is 1. The lowest BCUT2D eigenvalue weighted by Crippen LogP contribution is -2.03. The summed E-state index contributed by atoms with van der Waals surface area (Å²) in [5, 5.41) is 11.2. The number of non-ortho nitro benzene ring substituents is 1. The number of benzene rings is 2. The Kier molecular flexibility index (Phi) is 4.68. The molecule has 0 heterocycles. The number of hydrogen-bond donors (Lipinski definition) is 0. The van der Waals surface area contributed by atoms with Crippen molar-refractivity contribution < 1.29 is 14.5 Å². The van der Waals surface area contributed by atoms with E-state index in [1.54, 1.807) is 30.3 Å². The van der Waals surface area contributed by atoms with Gasteiger partial charge in [-0.25, -0.2) is 4.79 Å². The van der Waals surface area contributed by atoms with E-state index in [0.29, 0.717) is 5.02 Å². The molecule has 0 radical (unpaired) electrons. The van der Waals surface area contributed by atoms with Gasteiger partial charge in [-0.1, -0.05) is 29.8 Å². The van der Waals surface area contributed by atoms with E-state index in [1.807, 2.05) is 0 Å². The summed E-state index contributed by atoms with van der Waals surface area (Å²) in [4.78, 5) is 21.7. The number of nitrogens with zero attached hydrogens (tertiary/aromatic N) is 1. The number of carbonyl (C=O) groups is 1. The highest BCUT2D eigenvalue weighted by Gasteiger charge is 2.08. The van der Waals surface area contributed by atoms with Gasteiger partial charge in [-0.05, 0) is 29.8 Å². The summed E-state index contributed by atoms with van der Waals surface area (Å²) in [6.07, 6.45) is 2.77. The number of esters is 1. The summed E-state index contributed by atoms with van der Waals surface area (Å²) in [5.74, 6) is -0.514. The van der Waals surface area contributed by atoms with Gasteiger partial charge < -0.3 is 4.74 Å². The molecule has 0 aromatic heterocycles. The predicted molar refractivity (Wildman–Crippen MR) is 79.2 cm³/mol. The van der Waals surface area contributed by atoms with Crippen LogP contribution in [0.15, 0.2) is 54.6 Å². The van der Waals surface area contributed by atoms with E-state index in [2.05, 4.69) is 0 Å². The van der Waals surface area contributed by atoms with Crippen molar-refractivity contribution >= 4 is 29.3 Å². The van der Waals surface area contributed by atoms with Crippen LogP contribution in [0.2, 0.25) is 5.02 Å². The molecule has 5 nitrogen and oxygen atoms in total. The molecule has 0 amide bonds. The Bertz CT molecular complexity index is 712. The van der Waals surface area contributed by atoms with E-state index in [9.17, 15) is 14.9 Å². The van der Waals surface area contributed by atoms with Crippen LogP contribution in [-0.4, -0.2) is 10.9 Å². The minimum atomic E-state index is -0.629. The van der Waals surface area contributed by atoms with Crippen LogP contribution in [0.5, 0.6) is 5.75 Å². The highest BCUT2D eigenvalue weighted by molar-refractivity contribution is 6.30. The van der Waals surface area contributed by atoms with E-state index in [1.165, 1.54) is 30.3 Å². The molecule has 2 rings (SSSR count). The molecule has 21 heavy (non-hydrogen) atoms. The number of rotatable bonds is 4. The van der Waals surface area contributed by atoms with Crippen LogP contribution in [0.3, 0.4) is 0 Å². The van der Waals surface area contributed by atoms with E-state index >= 15 is 0 Å². The molecule has 106 valence electrons. The molecule has 0 spiro atoms. The smallest absolute Gasteiger partial charge is 0.336 e. The SMILES string of the molecule is O=C(/C=C/c1cccc(Cl)c1)Oc1cccc([N+](=O)[O-])c1. The monoisotopic (exact) mass is 303 g/mol. The van der Waals surface area contributed by atoms with Gasteiger partial charge in [-0.15, -0.1) is 0 Å². The number of carbonyl (C=O) groups excluding carboxylic acids is 1. The lowest BCUT2D eigenvalue weighted by Gasteiger charge is -2.00. The molecule has 0 fully saturated rings. The normalized spacial score (nSPS) is 10.5. The third-order valence-electron chi connectivity index (χ3n) is 2.51. The van der Waals surface area contributed by atoms with Crippen molar-refractivity contribution in [3.8, 4) is 5.75 Å². The Morgan fingerprint density at radius 3 is 2.67 bits per heavy atom. The van der Waals surface area contributed by atoms with Crippen LogP contribution in [0.25, 0.3) is 6.08 Å². The van der Waals surface area contributed by atoms with E-state index < -0.39 is 10.9 Å². The summed E-state index contributed by atoms with van der Waals surface area (Å²) in [6.45, 7) is 0. The van der Waals surface area contributed by atoms with Crippen LogP contribution in [0.4, 0.5) is 5.69 Å². The molecule has 6 heteroatoms. The quantitative estimate of drug-likeness (QED) is 0.283. The summed E-state index contributed by atoms with van der Waals surface area (Å²) in [6, 6.07) is 12.4. The van der Waals surface area contributed by atoms with Gasteiger partial charge in [0.25, 0.3) is 5.69 Å². The molecule has 0 unspecified atom stereocenters. The van der Waals surface area contributed by atoms with Crippen molar-refractivity contribution in [1.82, 2.24) is 0 Å². The van der Waals surface area contributed by atoms with Crippen molar-refractivity contribution in [2.45, 2.75) is 0 Å². The first-order valence-corrected chi connectivity index (χ1v) is 6.32. The van der Waals surface area contributed by atoms with Crippen LogP contribution >= 0.6 is 11.6 Å². The van der Waals surface area contributed by atoms with E-state index in [-0.39, 0.29) is 11.4 Å². The fourth-order valence-corrected chi connectivity index (χ4v) is 1.78. The Hall–Kier alpha value is -2.66. The molecular weight excluding hydrogens is 294 g/mol. The maximum atomic E-state index is 11.6. The molecule has 0 aliphatic carbocycles. The first-order valence-electron chi connectivity index (χ1n) is 5.94. The molecule has 0 aliphatic rings. The van der Waals surface area contributed by atoms with Gasteiger partial charge in [-0.3, -0.25) is 10.1 Å². The highest BCUT2D eigenvalue weighted by Crippen LogP contribution is 2.19. The largest absolute Gasteiger partial charge is 0.423 e. The summed E-state index contributed by atoms with van der Waals surface area (Å²) >= 11 is 5.82. The Balaban J connectivity index is 2.05. The van der Waals surface area contributed by atoms with Crippen LogP contribution in [-0.2, 0) is 4.79 Å². The second-order valence-electron chi connectivity index (χ2n) is 4.06. The van der Waals surface area contributed by atoms with Crippen molar-refractivity contribution in [1.29, 1.82) is 0 Å². The standard InChI is InChI=1S/C15H10ClNO4/c16-12-4-1-3-11(9-12)7-8-15(18)21-14-6-2-5-13(10-14)17(19)20/h1-10H/b8-7+. The maximum absolute atomic E-state index is 11.6. The van der Waals surface area contributed by atoms with Gasteiger partial charge in [0.1, 0.15) is 5.75 Å². The lowest BCUT2D eigenvalue weighted by molar-refractivity contribution is -0.384. The molecular formula is C15H10ClNO4. The predicted octanol–water partition coefficient (Wildman–Crippen LogP) is 3.87. The summed E-state index contributed by atoms with van der Waals surface area (Å²) in [7, 11) is 0. The van der Waals surface area contributed by atoms with Crippen LogP contribution in [0.1, 0.15) is 5.56 Å². The Morgan fingerprint density at radius 1 is 1.19 bits per heavy atom.